The third-order valence-corrected chi connectivity index (χ3v) is 13.3. The Labute approximate surface area is 461 Å². The molecule has 0 saturated heterocycles. The molecular weight excluding hydrogens is 1040 g/mol. The van der Waals surface area contributed by atoms with Crippen LogP contribution in [0.5, 0.6) is 0 Å². The number of rotatable bonds is 29. The van der Waals surface area contributed by atoms with Crippen molar-refractivity contribution in [3.05, 3.63) is 144 Å². The summed E-state index contributed by atoms with van der Waals surface area (Å²) in [5, 5.41) is 39.2. The number of aliphatic hydroxyl groups excluding tert-OH is 1. The number of amides is 8. The third-order valence-electron chi connectivity index (χ3n) is 12.5. The molecule has 416 valence electrons. The number of carboxylic acid groups (broad SMARTS) is 1. The fraction of sp³-hybridized carbons (Fsp3) is 0.352. The van der Waals surface area contributed by atoms with Crippen LogP contribution >= 0.6 is 25.3 Å². The number of carbonyl (C=O) groups excluding carboxylic acids is 8. The molecule has 78 heavy (non-hydrogen) atoms. The predicted molar refractivity (Wildman–Crippen MR) is 297 cm³/mol. The van der Waals surface area contributed by atoms with E-state index in [0.29, 0.717) is 33.2 Å². The number of likely N-dealkylation sites (N-methyl/N-ethyl adjacent to an activating group) is 1. The van der Waals surface area contributed by atoms with Crippen molar-refractivity contribution in [3.63, 3.8) is 0 Å². The maximum atomic E-state index is 14.9. The maximum absolute atomic E-state index is 14.9. The number of aliphatic hydroxyl groups is 1. The van der Waals surface area contributed by atoms with Crippen LogP contribution in [0, 0.1) is 0 Å². The van der Waals surface area contributed by atoms with Crippen molar-refractivity contribution in [2.75, 3.05) is 25.1 Å². The molecule has 0 saturated carbocycles. The largest absolute Gasteiger partial charge is 0.480 e. The summed E-state index contributed by atoms with van der Waals surface area (Å²) in [5.74, 6) is -8.93. The van der Waals surface area contributed by atoms with E-state index in [1.807, 2.05) is 0 Å². The molecule has 0 aliphatic carbocycles. The number of nitrogens with zero attached hydrogens (tertiary/aromatic N) is 1. The minimum atomic E-state index is -1.95. The van der Waals surface area contributed by atoms with Gasteiger partial charge in [0.1, 0.15) is 36.3 Å². The van der Waals surface area contributed by atoms with E-state index in [2.05, 4.69) is 67.5 Å². The smallest absolute Gasteiger partial charge is 0.327 e. The lowest BCUT2D eigenvalue weighted by molar-refractivity contribution is -0.145. The Balaban J connectivity index is 1.49. The van der Waals surface area contributed by atoms with Crippen LogP contribution in [0.4, 0.5) is 0 Å². The van der Waals surface area contributed by atoms with Crippen LogP contribution in [0.1, 0.15) is 35.6 Å². The van der Waals surface area contributed by atoms with Crippen LogP contribution in [0.15, 0.2) is 121 Å². The van der Waals surface area contributed by atoms with Gasteiger partial charge in [-0.2, -0.15) is 25.3 Å². The first kappa shape index (κ1) is 61.1. The minimum Gasteiger partial charge on any atom is -0.480 e. The van der Waals surface area contributed by atoms with Gasteiger partial charge in [0.15, 0.2) is 6.17 Å². The first-order valence-electron chi connectivity index (χ1n) is 25.0. The second-order valence-corrected chi connectivity index (χ2v) is 19.2. The summed E-state index contributed by atoms with van der Waals surface area (Å²) < 4.78 is 0. The number of hydrogen-bond donors (Lipinski definition) is 14. The quantitative estimate of drug-likeness (QED) is 0.0207. The molecule has 1 aromatic heterocycles. The molecule has 14 N–H and O–H groups in total. The number of aliphatic carboxylic acids is 1. The Bertz CT molecular complexity index is 2850. The number of para-hydroxylation sites is 1. The third kappa shape index (κ3) is 17.9. The van der Waals surface area contributed by atoms with Crippen molar-refractivity contribution in [3.8, 4) is 0 Å². The van der Waals surface area contributed by atoms with Crippen LogP contribution in [-0.2, 0) is 68.8 Å². The molecule has 24 heteroatoms. The molecule has 0 aliphatic rings. The second kappa shape index (κ2) is 30.2. The van der Waals surface area contributed by atoms with Gasteiger partial charge in [-0.05, 0) is 35.2 Å². The number of carbonyl (C=O) groups is 9. The van der Waals surface area contributed by atoms with Gasteiger partial charge in [-0.15, -0.1) is 0 Å². The lowest BCUT2D eigenvalue weighted by Gasteiger charge is -2.32. The standard InChI is InChI=1S/C54H67N11O11S2/c1-31(66)45(52(73)61-41(26-34-18-10-5-11-19-34)50(71)62-43(30-78)54(75)76)63-53(74)46(65(2)44(67)22-23-55)64-51(72)42(27-35-28-57-38-21-13-12-20-36(35)38)60-49(70)40(25-33-16-8-4-9-17-33)59-48(69)39(58-47(68)37(56)29-77)24-32-14-6-3-7-15-32/h3-21,28,31,37,39-43,45-46,57,66,77-78H,22-27,29-30,55-56H2,1-2H3,(H,58,68)(H,59,69)(H,60,70)(H,61,73)(H,62,71)(H,63,74)(H,64,72)(H,75,76)/t31-,37+,39+,40+,41+,42-,43+,45+,46-/m1/s1. The Morgan fingerprint density at radius 2 is 0.974 bits per heavy atom. The van der Waals surface area contributed by atoms with Gasteiger partial charge in [-0.1, -0.05) is 109 Å². The predicted octanol–water partition coefficient (Wildman–Crippen LogP) is -0.751. The number of aromatic nitrogens is 1. The summed E-state index contributed by atoms with van der Waals surface area (Å²) in [6.45, 7) is 0.998. The zero-order chi connectivity index (χ0) is 56.9. The Morgan fingerprint density at radius 3 is 1.42 bits per heavy atom. The van der Waals surface area contributed by atoms with Gasteiger partial charge < -0.3 is 68.8 Å². The number of hydrogen-bond acceptors (Lipinski definition) is 14. The van der Waals surface area contributed by atoms with E-state index < -0.39 is 108 Å². The number of carboxylic acids is 1. The van der Waals surface area contributed by atoms with Crippen LogP contribution in [-0.4, -0.2) is 153 Å². The van der Waals surface area contributed by atoms with Gasteiger partial charge in [-0.25, -0.2) is 4.79 Å². The van der Waals surface area contributed by atoms with E-state index >= 15 is 0 Å². The number of benzene rings is 4. The fourth-order valence-electron chi connectivity index (χ4n) is 8.19. The summed E-state index contributed by atoms with van der Waals surface area (Å²) in [5.41, 5.74) is 14.8. The summed E-state index contributed by atoms with van der Waals surface area (Å²) in [7, 11) is 1.19. The molecule has 0 unspecified atom stereocenters. The number of fused-ring (bicyclic) bond motifs is 1. The molecule has 0 aliphatic heterocycles. The minimum absolute atomic E-state index is 0.00756. The highest BCUT2D eigenvalue weighted by atomic mass is 32.1. The molecule has 0 spiro atoms. The monoisotopic (exact) mass is 1110 g/mol. The lowest BCUT2D eigenvalue weighted by Crippen LogP contribution is -2.65. The maximum Gasteiger partial charge on any atom is 0.327 e. The van der Waals surface area contributed by atoms with Gasteiger partial charge in [0.05, 0.1) is 12.1 Å². The number of thiol groups is 2. The number of H-pyrrole nitrogens is 1. The van der Waals surface area contributed by atoms with Gasteiger partial charge in [0.2, 0.25) is 41.4 Å². The normalized spacial score (nSPS) is 14.6. The molecule has 9 atom stereocenters. The first-order chi connectivity index (χ1) is 37.3. The molecule has 1 heterocycles. The van der Waals surface area contributed by atoms with E-state index in [1.165, 1.54) is 14.0 Å². The van der Waals surface area contributed by atoms with E-state index in [1.54, 1.807) is 121 Å². The number of aromatic amines is 1. The molecule has 4 aromatic carbocycles. The summed E-state index contributed by atoms with van der Waals surface area (Å²) in [4.78, 5) is 129. The summed E-state index contributed by atoms with van der Waals surface area (Å²) in [6, 6.07) is 23.1. The zero-order valence-corrected chi connectivity index (χ0v) is 44.8. The molecule has 0 bridgehead atoms. The van der Waals surface area contributed by atoms with Crippen molar-refractivity contribution >= 4 is 89.4 Å². The highest BCUT2D eigenvalue weighted by molar-refractivity contribution is 7.80. The molecule has 22 nitrogen and oxygen atoms in total. The van der Waals surface area contributed by atoms with Crippen LogP contribution < -0.4 is 48.7 Å². The highest BCUT2D eigenvalue weighted by Crippen LogP contribution is 2.20. The summed E-state index contributed by atoms with van der Waals surface area (Å²) in [6.07, 6.45) is -2.77. The van der Waals surface area contributed by atoms with Crippen molar-refractivity contribution in [2.45, 2.75) is 93.6 Å². The Kier molecular flexibility index (Phi) is 23.7. The summed E-state index contributed by atoms with van der Waals surface area (Å²) >= 11 is 8.14. The number of nitrogens with one attached hydrogen (secondary N) is 8. The van der Waals surface area contributed by atoms with Crippen molar-refractivity contribution in [2.24, 2.45) is 11.5 Å². The molecule has 8 amide bonds. The van der Waals surface area contributed by atoms with E-state index in [-0.39, 0.29) is 50.2 Å². The van der Waals surface area contributed by atoms with E-state index in [0.717, 1.165) is 4.90 Å². The average Bonchev–Trinajstić information content (AvgIpc) is 3.85. The van der Waals surface area contributed by atoms with Crippen LogP contribution in [0.3, 0.4) is 0 Å². The Morgan fingerprint density at radius 1 is 0.551 bits per heavy atom. The topological polar surface area (TPSA) is 349 Å². The lowest BCUT2D eigenvalue weighted by atomic mass is 10.0. The van der Waals surface area contributed by atoms with Crippen LogP contribution in [0.25, 0.3) is 10.9 Å². The van der Waals surface area contributed by atoms with Crippen molar-refractivity contribution in [1.82, 2.24) is 47.1 Å². The van der Waals surface area contributed by atoms with E-state index in [9.17, 15) is 53.4 Å². The van der Waals surface area contributed by atoms with Crippen LogP contribution in [0.2, 0.25) is 0 Å². The second-order valence-electron chi connectivity index (χ2n) is 18.4. The molecule has 5 rings (SSSR count). The first-order valence-corrected chi connectivity index (χ1v) is 26.2. The molecule has 5 aromatic rings. The fourth-order valence-corrected chi connectivity index (χ4v) is 8.60. The van der Waals surface area contributed by atoms with Crippen molar-refractivity contribution < 1.29 is 53.4 Å². The zero-order valence-electron chi connectivity index (χ0n) is 43.0. The van der Waals surface area contributed by atoms with Gasteiger partial charge in [-0.3, -0.25) is 38.4 Å². The molecular formula is C54H67N11O11S2. The molecule has 0 fully saturated rings. The molecule has 0 radical (unpaired) electrons. The van der Waals surface area contributed by atoms with Gasteiger partial charge in [0, 0.05) is 74.3 Å². The van der Waals surface area contributed by atoms with Gasteiger partial charge in [0.25, 0.3) is 5.91 Å². The average molecular weight is 1110 g/mol. The highest BCUT2D eigenvalue weighted by Gasteiger charge is 2.38. The van der Waals surface area contributed by atoms with Crippen molar-refractivity contribution in [1.29, 1.82) is 0 Å². The van der Waals surface area contributed by atoms with E-state index in [4.69, 9.17) is 11.5 Å². The number of nitrogens with two attached hydrogens (primary N) is 2. The Hall–Kier alpha value is -7.77. The SMILES string of the molecule is C[C@@H](O)[C@H](NC(=O)[C@H](NC(=O)[C@@H](Cc1c[nH]c2ccccc12)NC(=O)[C@H](Cc1ccccc1)NC(=O)[C@H](Cc1ccccc1)NC(=O)[C@@H](N)CS)N(C)C(=O)CCN)C(=O)N[C@@H](Cc1ccccc1)C(=O)N[C@@H](CS)C(=O)O. The van der Waals surface area contributed by atoms with Gasteiger partial charge >= 0.3 is 5.97 Å².